The van der Waals surface area contributed by atoms with Crippen molar-refractivity contribution in [3.63, 3.8) is 0 Å². The maximum absolute atomic E-state index is 12.8. The molecule has 5 nitrogen and oxygen atoms in total. The van der Waals surface area contributed by atoms with E-state index in [9.17, 15) is 9.59 Å². The van der Waals surface area contributed by atoms with Gasteiger partial charge in [0, 0.05) is 24.8 Å². The van der Waals surface area contributed by atoms with E-state index in [1.54, 1.807) is 19.2 Å². The van der Waals surface area contributed by atoms with Crippen LogP contribution in [0.5, 0.6) is 0 Å². The molecule has 0 saturated heterocycles. The third-order valence-electron chi connectivity index (χ3n) is 5.09. The largest absolute Gasteiger partial charge is 0.355 e. The maximum Gasteiger partial charge on any atom is 0.251 e. The van der Waals surface area contributed by atoms with Gasteiger partial charge in [0.25, 0.3) is 5.91 Å². The molecular formula is C23H31N3O2. The van der Waals surface area contributed by atoms with Crippen molar-refractivity contribution in [1.29, 1.82) is 0 Å². The highest BCUT2D eigenvalue weighted by molar-refractivity contribution is 5.96. The van der Waals surface area contributed by atoms with E-state index >= 15 is 0 Å². The zero-order valence-corrected chi connectivity index (χ0v) is 17.7. The number of rotatable bonds is 7. The Bertz CT molecular complexity index is 828. The summed E-state index contributed by atoms with van der Waals surface area (Å²) >= 11 is 0. The Morgan fingerprint density at radius 2 is 1.68 bits per heavy atom. The second kappa shape index (κ2) is 9.51. The Labute approximate surface area is 168 Å². The summed E-state index contributed by atoms with van der Waals surface area (Å²) < 4.78 is 0. The van der Waals surface area contributed by atoms with Crippen molar-refractivity contribution < 1.29 is 9.59 Å². The predicted octanol–water partition coefficient (Wildman–Crippen LogP) is 3.94. The minimum absolute atomic E-state index is 0.0271. The van der Waals surface area contributed by atoms with Crippen molar-refractivity contribution in [1.82, 2.24) is 10.2 Å². The molecule has 0 bridgehead atoms. The minimum atomic E-state index is -0.293. The van der Waals surface area contributed by atoms with E-state index in [1.165, 1.54) is 0 Å². The number of carbonyl (C=O) groups is 2. The number of aryl methyl sites for hydroxylation is 1. The summed E-state index contributed by atoms with van der Waals surface area (Å²) in [5.74, 6) is 0.203. The van der Waals surface area contributed by atoms with Gasteiger partial charge in [-0.25, -0.2) is 0 Å². The van der Waals surface area contributed by atoms with Gasteiger partial charge in [-0.3, -0.25) is 14.5 Å². The van der Waals surface area contributed by atoms with Crippen molar-refractivity contribution in [3.8, 4) is 0 Å². The SMILES string of the molecule is CNC(=O)c1ccc(CN(C)[C@H](C)C(=O)Nc2c(C)cccc2C(C)C)cc1. The molecule has 2 N–H and O–H groups in total. The molecule has 0 fully saturated rings. The van der Waals surface area contributed by atoms with Gasteiger partial charge in [0.2, 0.25) is 5.91 Å². The Hall–Kier alpha value is -2.66. The number of benzene rings is 2. The van der Waals surface area contributed by atoms with E-state index in [1.807, 2.05) is 50.1 Å². The van der Waals surface area contributed by atoms with Gasteiger partial charge in [-0.15, -0.1) is 0 Å². The fourth-order valence-corrected chi connectivity index (χ4v) is 3.10. The van der Waals surface area contributed by atoms with Crippen LogP contribution in [-0.2, 0) is 11.3 Å². The van der Waals surface area contributed by atoms with Crippen LogP contribution in [-0.4, -0.2) is 36.9 Å². The van der Waals surface area contributed by atoms with Crippen molar-refractivity contribution in [3.05, 3.63) is 64.7 Å². The first-order valence-electron chi connectivity index (χ1n) is 9.66. The molecule has 0 spiro atoms. The van der Waals surface area contributed by atoms with Crippen LogP contribution in [0.25, 0.3) is 0 Å². The molecular weight excluding hydrogens is 350 g/mol. The van der Waals surface area contributed by atoms with Crippen molar-refractivity contribution in [2.24, 2.45) is 0 Å². The molecule has 150 valence electrons. The molecule has 2 aromatic carbocycles. The van der Waals surface area contributed by atoms with Crippen LogP contribution in [0.2, 0.25) is 0 Å². The summed E-state index contributed by atoms with van der Waals surface area (Å²) in [6.07, 6.45) is 0. The van der Waals surface area contributed by atoms with Crippen LogP contribution in [0.4, 0.5) is 5.69 Å². The first-order valence-corrected chi connectivity index (χ1v) is 9.66. The number of nitrogens with one attached hydrogen (secondary N) is 2. The highest BCUT2D eigenvalue weighted by atomic mass is 16.2. The van der Waals surface area contributed by atoms with E-state index in [4.69, 9.17) is 0 Å². The summed E-state index contributed by atoms with van der Waals surface area (Å²) in [4.78, 5) is 26.5. The van der Waals surface area contributed by atoms with Crippen molar-refractivity contribution in [2.45, 2.75) is 46.2 Å². The van der Waals surface area contributed by atoms with Gasteiger partial charge in [0.05, 0.1) is 6.04 Å². The molecule has 0 radical (unpaired) electrons. The third-order valence-corrected chi connectivity index (χ3v) is 5.09. The second-order valence-corrected chi connectivity index (χ2v) is 7.55. The number of carbonyl (C=O) groups excluding carboxylic acids is 2. The summed E-state index contributed by atoms with van der Waals surface area (Å²) in [7, 11) is 3.54. The predicted molar refractivity (Wildman–Crippen MR) is 115 cm³/mol. The van der Waals surface area contributed by atoms with Crippen molar-refractivity contribution in [2.75, 3.05) is 19.4 Å². The van der Waals surface area contributed by atoms with E-state index in [2.05, 4.69) is 30.5 Å². The van der Waals surface area contributed by atoms with E-state index in [-0.39, 0.29) is 17.9 Å². The normalized spacial score (nSPS) is 12.1. The zero-order valence-electron chi connectivity index (χ0n) is 17.7. The Kier molecular flexibility index (Phi) is 7.35. The lowest BCUT2D eigenvalue weighted by Gasteiger charge is -2.25. The standard InChI is InChI=1S/C23H31N3O2/c1-15(2)20-9-7-8-16(3)21(20)25-22(27)17(4)26(6)14-18-10-12-19(13-11-18)23(28)24-5/h7-13,15,17H,14H2,1-6H3,(H,24,28)(H,25,27)/t17-/m1/s1. The smallest absolute Gasteiger partial charge is 0.251 e. The molecule has 0 heterocycles. The number of amides is 2. The van der Waals surface area contributed by atoms with E-state index in [0.717, 1.165) is 22.4 Å². The van der Waals surface area contributed by atoms with Gasteiger partial charge in [0.15, 0.2) is 0 Å². The average Bonchev–Trinajstić information content (AvgIpc) is 2.68. The Balaban J connectivity index is 2.06. The van der Waals surface area contributed by atoms with Crippen LogP contribution in [0, 0.1) is 6.92 Å². The van der Waals surface area contributed by atoms with Gasteiger partial charge in [-0.1, -0.05) is 44.2 Å². The van der Waals surface area contributed by atoms with Crippen LogP contribution in [0.3, 0.4) is 0 Å². The first-order chi connectivity index (χ1) is 13.2. The summed E-state index contributed by atoms with van der Waals surface area (Å²) in [5, 5.41) is 5.74. The molecule has 2 aromatic rings. The van der Waals surface area contributed by atoms with Crippen molar-refractivity contribution >= 4 is 17.5 Å². The first kappa shape index (κ1) is 21.6. The lowest BCUT2D eigenvalue weighted by molar-refractivity contribution is -0.120. The molecule has 28 heavy (non-hydrogen) atoms. The van der Waals surface area contributed by atoms with Crippen LogP contribution >= 0.6 is 0 Å². The van der Waals surface area contributed by atoms with Crippen LogP contribution in [0.15, 0.2) is 42.5 Å². The van der Waals surface area contributed by atoms with Gasteiger partial charge >= 0.3 is 0 Å². The fraction of sp³-hybridized carbons (Fsp3) is 0.391. The molecule has 0 aliphatic heterocycles. The summed E-state index contributed by atoms with van der Waals surface area (Å²) in [6, 6.07) is 13.3. The lowest BCUT2D eigenvalue weighted by atomic mass is 9.98. The molecule has 0 aromatic heterocycles. The molecule has 5 heteroatoms. The molecule has 0 aliphatic carbocycles. The molecule has 0 saturated carbocycles. The maximum atomic E-state index is 12.8. The number of likely N-dealkylation sites (N-methyl/N-ethyl adjacent to an activating group) is 1. The topological polar surface area (TPSA) is 61.4 Å². The average molecular weight is 382 g/mol. The highest BCUT2D eigenvalue weighted by Gasteiger charge is 2.20. The van der Waals surface area contributed by atoms with E-state index < -0.39 is 0 Å². The molecule has 1 atom stereocenters. The van der Waals surface area contributed by atoms with E-state index in [0.29, 0.717) is 18.0 Å². The molecule has 0 aliphatic rings. The van der Waals surface area contributed by atoms with Gasteiger partial charge < -0.3 is 10.6 Å². The fourth-order valence-electron chi connectivity index (χ4n) is 3.10. The highest BCUT2D eigenvalue weighted by Crippen LogP contribution is 2.27. The minimum Gasteiger partial charge on any atom is -0.355 e. The van der Waals surface area contributed by atoms with Gasteiger partial charge in [0.1, 0.15) is 0 Å². The number of hydrogen-bond donors (Lipinski definition) is 2. The second-order valence-electron chi connectivity index (χ2n) is 7.55. The number of hydrogen-bond acceptors (Lipinski definition) is 3. The third kappa shape index (κ3) is 5.20. The van der Waals surface area contributed by atoms with Gasteiger partial charge in [-0.2, -0.15) is 0 Å². The zero-order chi connectivity index (χ0) is 20.8. The number of anilines is 1. The lowest BCUT2D eigenvalue weighted by Crippen LogP contribution is -2.39. The summed E-state index contributed by atoms with van der Waals surface area (Å²) in [6.45, 7) is 8.80. The Morgan fingerprint density at radius 1 is 1.04 bits per heavy atom. The molecule has 0 unspecified atom stereocenters. The quantitative estimate of drug-likeness (QED) is 0.764. The summed E-state index contributed by atoms with van der Waals surface area (Å²) in [5.41, 5.74) is 4.80. The monoisotopic (exact) mass is 381 g/mol. The molecule has 2 amide bonds. The number of para-hydroxylation sites is 1. The number of nitrogens with zero attached hydrogens (tertiary/aromatic N) is 1. The van der Waals surface area contributed by atoms with Gasteiger partial charge in [-0.05, 0) is 55.6 Å². The molecule has 2 rings (SSSR count). The Morgan fingerprint density at radius 3 is 2.25 bits per heavy atom. The van der Waals surface area contributed by atoms with Crippen LogP contribution in [0.1, 0.15) is 53.7 Å². The van der Waals surface area contributed by atoms with Crippen LogP contribution < -0.4 is 10.6 Å².